The molecule has 2 rings (SSSR count). The van der Waals surface area contributed by atoms with Crippen LogP contribution in [0.15, 0.2) is 29.1 Å². The Morgan fingerprint density at radius 1 is 1.47 bits per heavy atom. The number of carbonyl (C=O) groups excluding carboxylic acids is 1. The molecule has 98 valence electrons. The highest BCUT2D eigenvalue weighted by molar-refractivity contribution is 5.80. The smallest absolute Gasteiger partial charge is 0.258 e. The number of fused-ring (bicyclic) bond motifs is 1. The van der Waals surface area contributed by atoms with Crippen molar-refractivity contribution < 1.29 is 4.79 Å². The van der Waals surface area contributed by atoms with Crippen molar-refractivity contribution in [2.24, 2.45) is 0 Å². The normalized spacial score (nSPS) is 11.1. The highest BCUT2D eigenvalue weighted by Gasteiger charge is 2.01. The fraction of sp³-hybridized carbons (Fsp3) is 0.214. The molecule has 0 saturated carbocycles. The van der Waals surface area contributed by atoms with Crippen LogP contribution in [-0.2, 0) is 4.79 Å². The number of H-pyrrole nitrogens is 1. The summed E-state index contributed by atoms with van der Waals surface area (Å²) in [5.74, 6) is 0.533. The molecule has 1 aromatic carbocycles. The van der Waals surface area contributed by atoms with Crippen LogP contribution in [0.2, 0.25) is 0 Å². The molecule has 2 aromatic rings. The fourth-order valence-corrected chi connectivity index (χ4v) is 1.77. The molecule has 2 N–H and O–H groups in total. The van der Waals surface area contributed by atoms with Crippen LogP contribution in [-0.4, -0.2) is 22.4 Å². The number of hydrogen-bond donors (Lipinski definition) is 2. The third kappa shape index (κ3) is 3.28. The number of aromatic amines is 1. The zero-order chi connectivity index (χ0) is 13.8. The van der Waals surface area contributed by atoms with Gasteiger partial charge < -0.3 is 10.3 Å². The molecular weight excluding hydrogens is 242 g/mol. The van der Waals surface area contributed by atoms with Crippen molar-refractivity contribution in [2.45, 2.75) is 13.8 Å². The Bertz CT molecular complexity index is 701. The van der Waals surface area contributed by atoms with Crippen LogP contribution < -0.4 is 10.9 Å². The summed E-state index contributed by atoms with van der Waals surface area (Å²) >= 11 is 0. The van der Waals surface area contributed by atoms with Crippen LogP contribution >= 0.6 is 0 Å². The van der Waals surface area contributed by atoms with Crippen LogP contribution in [0.25, 0.3) is 17.0 Å². The van der Waals surface area contributed by atoms with Crippen molar-refractivity contribution in [1.82, 2.24) is 15.3 Å². The molecule has 1 amide bonds. The Morgan fingerprint density at radius 3 is 3.00 bits per heavy atom. The molecule has 0 aliphatic heterocycles. The number of hydrogen-bond acceptors (Lipinski definition) is 3. The standard InChI is InChI=1S/C14H15N3O2/c1-9-16-13-6-5-11(4-3-7-15-10(2)18)8-12(13)14(19)17-9/h3-6,8H,7H2,1-2H3,(H,15,18)(H,16,17,19). The number of nitrogens with one attached hydrogen (secondary N) is 2. The molecule has 0 saturated heterocycles. The lowest BCUT2D eigenvalue weighted by Gasteiger charge is -2.00. The summed E-state index contributed by atoms with van der Waals surface area (Å²) in [6.07, 6.45) is 3.69. The molecule has 5 heteroatoms. The van der Waals surface area contributed by atoms with Gasteiger partial charge in [0, 0.05) is 13.5 Å². The number of aryl methyl sites for hydroxylation is 1. The third-order valence-corrected chi connectivity index (χ3v) is 2.63. The third-order valence-electron chi connectivity index (χ3n) is 2.63. The van der Waals surface area contributed by atoms with E-state index in [9.17, 15) is 9.59 Å². The number of amides is 1. The summed E-state index contributed by atoms with van der Waals surface area (Å²) in [5, 5.41) is 3.23. The molecule has 1 heterocycles. The second-order valence-corrected chi connectivity index (χ2v) is 4.27. The van der Waals surface area contributed by atoms with Gasteiger partial charge in [-0.3, -0.25) is 9.59 Å². The molecule has 0 bridgehead atoms. The van der Waals surface area contributed by atoms with E-state index >= 15 is 0 Å². The van der Waals surface area contributed by atoms with Crippen molar-refractivity contribution in [1.29, 1.82) is 0 Å². The van der Waals surface area contributed by atoms with Gasteiger partial charge in [0.2, 0.25) is 5.91 Å². The van der Waals surface area contributed by atoms with Crippen LogP contribution in [0.3, 0.4) is 0 Å². The molecular formula is C14H15N3O2. The Kier molecular flexibility index (Phi) is 3.75. The summed E-state index contributed by atoms with van der Waals surface area (Å²) in [6.45, 7) is 3.69. The van der Waals surface area contributed by atoms with E-state index in [0.717, 1.165) is 5.56 Å². The average Bonchev–Trinajstić information content (AvgIpc) is 2.35. The van der Waals surface area contributed by atoms with Crippen LogP contribution in [0.4, 0.5) is 0 Å². The number of rotatable bonds is 3. The maximum Gasteiger partial charge on any atom is 0.258 e. The maximum atomic E-state index is 11.8. The molecule has 1 aromatic heterocycles. The lowest BCUT2D eigenvalue weighted by Crippen LogP contribution is -2.19. The van der Waals surface area contributed by atoms with Gasteiger partial charge in [0.05, 0.1) is 10.9 Å². The summed E-state index contributed by atoms with van der Waals surface area (Å²) < 4.78 is 0. The molecule has 0 aliphatic carbocycles. The zero-order valence-corrected chi connectivity index (χ0v) is 10.9. The predicted molar refractivity (Wildman–Crippen MR) is 74.8 cm³/mol. The molecule has 0 spiro atoms. The van der Waals surface area contributed by atoms with E-state index in [1.807, 2.05) is 24.3 Å². The summed E-state index contributed by atoms with van der Waals surface area (Å²) in [7, 11) is 0. The van der Waals surface area contributed by atoms with Crippen molar-refractivity contribution >= 4 is 22.9 Å². The van der Waals surface area contributed by atoms with Gasteiger partial charge in [0.15, 0.2) is 0 Å². The van der Waals surface area contributed by atoms with E-state index in [1.165, 1.54) is 6.92 Å². The number of carbonyl (C=O) groups is 1. The van der Waals surface area contributed by atoms with E-state index in [2.05, 4.69) is 15.3 Å². The Labute approximate surface area is 110 Å². The van der Waals surface area contributed by atoms with Gasteiger partial charge >= 0.3 is 0 Å². The molecule has 19 heavy (non-hydrogen) atoms. The van der Waals surface area contributed by atoms with Gasteiger partial charge in [-0.25, -0.2) is 4.98 Å². The van der Waals surface area contributed by atoms with Crippen molar-refractivity contribution in [3.8, 4) is 0 Å². The topological polar surface area (TPSA) is 74.8 Å². The van der Waals surface area contributed by atoms with E-state index in [-0.39, 0.29) is 11.5 Å². The highest BCUT2D eigenvalue weighted by atomic mass is 16.1. The first-order valence-electron chi connectivity index (χ1n) is 5.98. The second kappa shape index (κ2) is 5.48. The van der Waals surface area contributed by atoms with Gasteiger partial charge in [-0.2, -0.15) is 0 Å². The Morgan fingerprint density at radius 2 is 2.26 bits per heavy atom. The molecule has 5 nitrogen and oxygen atoms in total. The van der Waals surface area contributed by atoms with Gasteiger partial charge in [-0.1, -0.05) is 18.2 Å². The van der Waals surface area contributed by atoms with Gasteiger partial charge in [0.25, 0.3) is 5.56 Å². The largest absolute Gasteiger partial charge is 0.353 e. The quantitative estimate of drug-likeness (QED) is 0.872. The van der Waals surface area contributed by atoms with Crippen molar-refractivity contribution in [3.63, 3.8) is 0 Å². The second-order valence-electron chi connectivity index (χ2n) is 4.27. The van der Waals surface area contributed by atoms with Crippen LogP contribution in [0.5, 0.6) is 0 Å². The van der Waals surface area contributed by atoms with Crippen molar-refractivity contribution in [2.75, 3.05) is 6.54 Å². The minimum absolute atomic E-state index is 0.0701. The van der Waals surface area contributed by atoms with E-state index in [1.54, 1.807) is 13.0 Å². The molecule has 0 radical (unpaired) electrons. The lowest BCUT2D eigenvalue weighted by molar-refractivity contribution is -0.118. The minimum atomic E-state index is -0.139. The van der Waals surface area contributed by atoms with E-state index in [0.29, 0.717) is 23.3 Å². The summed E-state index contributed by atoms with van der Waals surface area (Å²) in [4.78, 5) is 29.4. The monoisotopic (exact) mass is 257 g/mol. The molecule has 0 aliphatic rings. The molecule has 0 atom stereocenters. The minimum Gasteiger partial charge on any atom is -0.353 e. The first kappa shape index (κ1) is 13.0. The Hall–Kier alpha value is -2.43. The van der Waals surface area contributed by atoms with Gasteiger partial charge in [-0.15, -0.1) is 0 Å². The van der Waals surface area contributed by atoms with E-state index in [4.69, 9.17) is 0 Å². The Balaban J connectivity index is 2.27. The predicted octanol–water partition coefficient (Wildman–Crippen LogP) is 1.38. The fourth-order valence-electron chi connectivity index (χ4n) is 1.77. The molecule has 0 unspecified atom stereocenters. The van der Waals surface area contributed by atoms with Crippen LogP contribution in [0.1, 0.15) is 18.3 Å². The lowest BCUT2D eigenvalue weighted by atomic mass is 10.1. The zero-order valence-electron chi connectivity index (χ0n) is 10.9. The van der Waals surface area contributed by atoms with E-state index < -0.39 is 0 Å². The maximum absolute atomic E-state index is 11.8. The summed E-state index contributed by atoms with van der Waals surface area (Å²) in [6, 6.07) is 5.49. The molecule has 0 fully saturated rings. The number of aromatic nitrogens is 2. The SMILES string of the molecule is CC(=O)NCC=Cc1ccc2nc(C)[nH]c(=O)c2c1. The van der Waals surface area contributed by atoms with Gasteiger partial charge in [0.1, 0.15) is 5.82 Å². The first-order chi connectivity index (χ1) is 9.06. The van der Waals surface area contributed by atoms with Crippen LogP contribution in [0, 0.1) is 6.92 Å². The van der Waals surface area contributed by atoms with Gasteiger partial charge in [-0.05, 0) is 24.6 Å². The van der Waals surface area contributed by atoms with Crippen molar-refractivity contribution in [3.05, 3.63) is 46.0 Å². The number of benzene rings is 1. The first-order valence-corrected chi connectivity index (χ1v) is 5.98. The summed E-state index contributed by atoms with van der Waals surface area (Å²) in [5.41, 5.74) is 1.44. The highest BCUT2D eigenvalue weighted by Crippen LogP contribution is 2.11. The number of nitrogens with zero attached hydrogens (tertiary/aromatic N) is 1. The average molecular weight is 257 g/mol.